The molecule has 1 aliphatic carbocycles. The van der Waals surface area contributed by atoms with E-state index >= 15 is 0 Å². The molecule has 2 atom stereocenters. The van der Waals surface area contributed by atoms with Crippen molar-refractivity contribution >= 4 is 5.69 Å². The molecule has 104 valence electrons. The SMILES string of the molecule is CC1CCCCC1NCc1ccc([N+](=O)[O-])c(F)c1. The van der Waals surface area contributed by atoms with Crippen LogP contribution in [-0.4, -0.2) is 11.0 Å². The number of hydrogen-bond acceptors (Lipinski definition) is 3. The highest BCUT2D eigenvalue weighted by Gasteiger charge is 2.21. The van der Waals surface area contributed by atoms with Gasteiger partial charge in [0.2, 0.25) is 5.82 Å². The standard InChI is InChI=1S/C14H19FN2O2/c1-10-4-2-3-5-13(10)16-9-11-6-7-14(17(18)19)12(15)8-11/h6-8,10,13,16H,2-5,9H2,1H3. The van der Waals surface area contributed by atoms with E-state index in [9.17, 15) is 14.5 Å². The van der Waals surface area contributed by atoms with E-state index in [1.807, 2.05) is 0 Å². The van der Waals surface area contributed by atoms with Crippen molar-refractivity contribution in [2.45, 2.75) is 45.2 Å². The molecule has 0 bridgehead atoms. The lowest BCUT2D eigenvalue weighted by atomic mass is 9.86. The summed E-state index contributed by atoms with van der Waals surface area (Å²) in [4.78, 5) is 9.83. The van der Waals surface area contributed by atoms with Crippen LogP contribution in [0.3, 0.4) is 0 Å². The predicted octanol–water partition coefficient (Wildman–Crippen LogP) is 3.40. The van der Waals surface area contributed by atoms with Crippen LogP contribution in [0.2, 0.25) is 0 Å². The maximum atomic E-state index is 13.5. The summed E-state index contributed by atoms with van der Waals surface area (Å²) < 4.78 is 13.5. The summed E-state index contributed by atoms with van der Waals surface area (Å²) in [6, 6.07) is 4.56. The fourth-order valence-corrected chi connectivity index (χ4v) is 2.68. The van der Waals surface area contributed by atoms with Gasteiger partial charge in [-0.3, -0.25) is 10.1 Å². The summed E-state index contributed by atoms with van der Waals surface area (Å²) in [5, 5.41) is 14.0. The largest absolute Gasteiger partial charge is 0.310 e. The fraction of sp³-hybridized carbons (Fsp3) is 0.571. The molecule has 2 unspecified atom stereocenters. The predicted molar refractivity (Wildman–Crippen MR) is 71.3 cm³/mol. The van der Waals surface area contributed by atoms with Gasteiger partial charge in [0.05, 0.1) is 4.92 Å². The highest BCUT2D eigenvalue weighted by atomic mass is 19.1. The van der Waals surface area contributed by atoms with Gasteiger partial charge >= 0.3 is 5.69 Å². The van der Waals surface area contributed by atoms with E-state index in [-0.39, 0.29) is 0 Å². The molecule has 0 heterocycles. The van der Waals surface area contributed by atoms with Crippen LogP contribution in [0.5, 0.6) is 0 Å². The number of nitrogens with zero attached hydrogens (tertiary/aromatic N) is 1. The molecule has 0 aromatic heterocycles. The second-order valence-electron chi connectivity index (χ2n) is 5.29. The smallest absolute Gasteiger partial charge is 0.304 e. The molecule has 0 aliphatic heterocycles. The van der Waals surface area contributed by atoms with Gasteiger partial charge in [-0.15, -0.1) is 0 Å². The minimum Gasteiger partial charge on any atom is -0.310 e. The van der Waals surface area contributed by atoms with Gasteiger partial charge in [-0.2, -0.15) is 4.39 Å². The zero-order valence-electron chi connectivity index (χ0n) is 11.1. The van der Waals surface area contributed by atoms with Crippen LogP contribution >= 0.6 is 0 Å². The Morgan fingerprint density at radius 3 is 2.79 bits per heavy atom. The number of nitro groups is 1. The topological polar surface area (TPSA) is 55.2 Å². The van der Waals surface area contributed by atoms with Gasteiger partial charge in [-0.1, -0.05) is 25.8 Å². The quantitative estimate of drug-likeness (QED) is 0.671. The Kier molecular flexibility index (Phi) is 4.47. The maximum Gasteiger partial charge on any atom is 0.304 e. The molecule has 2 rings (SSSR count). The van der Waals surface area contributed by atoms with E-state index in [1.165, 1.54) is 31.4 Å². The monoisotopic (exact) mass is 266 g/mol. The number of nitrogens with one attached hydrogen (secondary N) is 1. The molecule has 1 fully saturated rings. The molecule has 4 nitrogen and oxygen atoms in total. The molecule has 1 N–H and O–H groups in total. The first kappa shape index (κ1) is 13.9. The first-order chi connectivity index (χ1) is 9.08. The minimum atomic E-state index is -0.763. The molecule has 0 spiro atoms. The summed E-state index contributed by atoms with van der Waals surface area (Å²) in [6.45, 7) is 2.79. The number of benzene rings is 1. The van der Waals surface area contributed by atoms with Crippen LogP contribution in [0.25, 0.3) is 0 Å². The normalized spacial score (nSPS) is 23.3. The Morgan fingerprint density at radius 2 is 2.16 bits per heavy atom. The number of nitro benzene ring substituents is 1. The van der Waals surface area contributed by atoms with E-state index in [2.05, 4.69) is 12.2 Å². The van der Waals surface area contributed by atoms with Crippen molar-refractivity contribution < 1.29 is 9.31 Å². The summed E-state index contributed by atoms with van der Waals surface area (Å²) >= 11 is 0. The van der Waals surface area contributed by atoms with Gasteiger partial charge in [0.1, 0.15) is 0 Å². The Hall–Kier alpha value is -1.49. The summed E-state index contributed by atoms with van der Waals surface area (Å²) in [7, 11) is 0. The van der Waals surface area contributed by atoms with E-state index < -0.39 is 16.4 Å². The third-order valence-electron chi connectivity index (χ3n) is 3.89. The average Bonchev–Trinajstić information content (AvgIpc) is 2.37. The van der Waals surface area contributed by atoms with Crippen molar-refractivity contribution in [3.8, 4) is 0 Å². The second kappa shape index (κ2) is 6.10. The zero-order chi connectivity index (χ0) is 13.8. The third kappa shape index (κ3) is 3.50. The van der Waals surface area contributed by atoms with Gasteiger partial charge in [0.25, 0.3) is 0 Å². The molecular weight excluding hydrogens is 247 g/mol. The van der Waals surface area contributed by atoms with Gasteiger partial charge in [0, 0.05) is 18.7 Å². The zero-order valence-corrected chi connectivity index (χ0v) is 11.1. The van der Waals surface area contributed by atoms with Crippen molar-refractivity contribution in [3.63, 3.8) is 0 Å². The Bertz CT molecular complexity index is 465. The minimum absolute atomic E-state index is 0.463. The molecule has 19 heavy (non-hydrogen) atoms. The van der Waals surface area contributed by atoms with Gasteiger partial charge in [0.15, 0.2) is 0 Å². The number of rotatable bonds is 4. The highest BCUT2D eigenvalue weighted by molar-refractivity contribution is 5.34. The van der Waals surface area contributed by atoms with Crippen molar-refractivity contribution in [2.75, 3.05) is 0 Å². The Labute approximate surface area is 112 Å². The second-order valence-corrected chi connectivity index (χ2v) is 5.29. The van der Waals surface area contributed by atoms with Crippen LogP contribution in [0.1, 0.15) is 38.2 Å². The first-order valence-corrected chi connectivity index (χ1v) is 6.74. The van der Waals surface area contributed by atoms with E-state index in [4.69, 9.17) is 0 Å². The van der Waals surface area contributed by atoms with Crippen molar-refractivity contribution in [2.24, 2.45) is 5.92 Å². The Balaban J connectivity index is 1.96. The van der Waals surface area contributed by atoms with Crippen molar-refractivity contribution in [3.05, 3.63) is 39.7 Å². The molecule has 1 aromatic rings. The molecular formula is C14H19FN2O2. The van der Waals surface area contributed by atoms with Crippen LogP contribution in [0.4, 0.5) is 10.1 Å². The van der Waals surface area contributed by atoms with E-state index in [0.717, 1.165) is 12.0 Å². The molecule has 0 radical (unpaired) electrons. The van der Waals surface area contributed by atoms with Crippen molar-refractivity contribution in [1.82, 2.24) is 5.32 Å². The first-order valence-electron chi connectivity index (χ1n) is 6.74. The Morgan fingerprint density at radius 1 is 1.42 bits per heavy atom. The lowest BCUT2D eigenvalue weighted by Gasteiger charge is -2.29. The summed E-state index contributed by atoms with van der Waals surface area (Å²) in [6.07, 6.45) is 4.89. The van der Waals surface area contributed by atoms with Gasteiger partial charge < -0.3 is 5.32 Å². The molecule has 1 aliphatic rings. The van der Waals surface area contributed by atoms with E-state index in [0.29, 0.717) is 18.5 Å². The number of hydrogen-bond donors (Lipinski definition) is 1. The lowest BCUT2D eigenvalue weighted by molar-refractivity contribution is -0.387. The third-order valence-corrected chi connectivity index (χ3v) is 3.89. The fourth-order valence-electron chi connectivity index (χ4n) is 2.68. The molecule has 1 saturated carbocycles. The average molecular weight is 266 g/mol. The van der Waals surface area contributed by atoms with Crippen LogP contribution in [-0.2, 0) is 6.54 Å². The lowest BCUT2D eigenvalue weighted by Crippen LogP contribution is -2.36. The molecule has 5 heteroatoms. The molecule has 1 aromatic carbocycles. The van der Waals surface area contributed by atoms with Gasteiger partial charge in [-0.25, -0.2) is 0 Å². The summed E-state index contributed by atoms with van der Waals surface area (Å²) in [5.74, 6) is -0.127. The molecule has 0 amide bonds. The molecule has 0 saturated heterocycles. The van der Waals surface area contributed by atoms with Crippen LogP contribution in [0, 0.1) is 21.8 Å². The summed E-state index contributed by atoms with van der Waals surface area (Å²) in [5.41, 5.74) is 0.288. The highest BCUT2D eigenvalue weighted by Crippen LogP contribution is 2.24. The van der Waals surface area contributed by atoms with E-state index in [1.54, 1.807) is 6.07 Å². The van der Waals surface area contributed by atoms with Gasteiger partial charge in [-0.05, 0) is 30.4 Å². The van der Waals surface area contributed by atoms with Crippen LogP contribution in [0.15, 0.2) is 18.2 Å². The van der Waals surface area contributed by atoms with Crippen LogP contribution < -0.4 is 5.32 Å². The maximum absolute atomic E-state index is 13.5. The number of halogens is 1. The van der Waals surface area contributed by atoms with Crippen molar-refractivity contribution in [1.29, 1.82) is 0 Å².